The third kappa shape index (κ3) is 6.08. The van der Waals surface area contributed by atoms with E-state index in [2.05, 4.69) is 56.4 Å². The molecule has 0 bridgehead atoms. The zero-order valence-corrected chi connectivity index (χ0v) is 15.3. The Balaban J connectivity index is 1.72. The number of nitrogens with zero attached hydrogens (tertiary/aromatic N) is 1. The Morgan fingerprint density at radius 1 is 0.960 bits per heavy atom. The third-order valence-corrected chi connectivity index (χ3v) is 4.28. The number of benzene rings is 2. The molecular formula is C22H26N2O. The minimum Gasteiger partial charge on any atom is -0.356 e. The van der Waals surface area contributed by atoms with E-state index in [9.17, 15) is 4.79 Å². The molecule has 0 aliphatic rings. The van der Waals surface area contributed by atoms with Crippen molar-refractivity contribution in [1.29, 1.82) is 5.26 Å². The van der Waals surface area contributed by atoms with Gasteiger partial charge in [0.1, 0.15) is 0 Å². The molecule has 2 aromatic rings. The summed E-state index contributed by atoms with van der Waals surface area (Å²) in [5, 5.41) is 11.8. The number of carbonyl (C=O) groups excluding carboxylic acids is 1. The number of carbonyl (C=O) groups is 1. The second-order valence-corrected chi connectivity index (χ2v) is 7.36. The smallest absolute Gasteiger partial charge is 0.220 e. The Bertz CT molecular complexity index is 732. The van der Waals surface area contributed by atoms with Gasteiger partial charge >= 0.3 is 0 Å². The van der Waals surface area contributed by atoms with Gasteiger partial charge in [-0.05, 0) is 47.1 Å². The van der Waals surface area contributed by atoms with Crippen molar-refractivity contribution in [2.75, 3.05) is 6.54 Å². The summed E-state index contributed by atoms with van der Waals surface area (Å²) in [7, 11) is 0. The van der Waals surface area contributed by atoms with Crippen LogP contribution in [0.15, 0.2) is 48.5 Å². The highest BCUT2D eigenvalue weighted by molar-refractivity contribution is 5.76. The molecule has 0 unspecified atom stereocenters. The Labute approximate surface area is 150 Å². The Morgan fingerprint density at radius 2 is 1.52 bits per heavy atom. The van der Waals surface area contributed by atoms with Crippen LogP contribution in [0.3, 0.4) is 0 Å². The van der Waals surface area contributed by atoms with Gasteiger partial charge in [-0.15, -0.1) is 0 Å². The van der Waals surface area contributed by atoms with Gasteiger partial charge in [-0.25, -0.2) is 0 Å². The minimum atomic E-state index is 0.0654. The molecule has 0 heterocycles. The summed E-state index contributed by atoms with van der Waals surface area (Å²) in [5.74, 6) is 0.0654. The van der Waals surface area contributed by atoms with Crippen molar-refractivity contribution in [3.8, 4) is 6.07 Å². The van der Waals surface area contributed by atoms with Crippen LogP contribution in [-0.4, -0.2) is 12.5 Å². The van der Waals surface area contributed by atoms with Crippen LogP contribution < -0.4 is 5.32 Å². The van der Waals surface area contributed by atoms with E-state index in [1.54, 1.807) is 12.1 Å². The van der Waals surface area contributed by atoms with Crippen molar-refractivity contribution in [3.63, 3.8) is 0 Å². The molecule has 130 valence electrons. The first-order chi connectivity index (χ1) is 11.9. The van der Waals surface area contributed by atoms with Gasteiger partial charge < -0.3 is 5.32 Å². The van der Waals surface area contributed by atoms with Crippen LogP contribution in [0.2, 0.25) is 0 Å². The molecular weight excluding hydrogens is 308 g/mol. The van der Waals surface area contributed by atoms with E-state index in [-0.39, 0.29) is 11.3 Å². The lowest BCUT2D eigenvalue weighted by Gasteiger charge is -2.19. The molecule has 0 spiro atoms. The number of nitrogens with one attached hydrogen (secondary N) is 1. The van der Waals surface area contributed by atoms with Gasteiger partial charge in [-0.3, -0.25) is 4.79 Å². The Kier molecular flexibility index (Phi) is 6.36. The molecule has 0 aromatic heterocycles. The van der Waals surface area contributed by atoms with Crippen LogP contribution in [-0.2, 0) is 23.1 Å². The van der Waals surface area contributed by atoms with E-state index in [1.807, 2.05) is 12.1 Å². The molecule has 25 heavy (non-hydrogen) atoms. The summed E-state index contributed by atoms with van der Waals surface area (Å²) in [4.78, 5) is 12.0. The molecule has 0 saturated carbocycles. The Hall–Kier alpha value is -2.60. The van der Waals surface area contributed by atoms with Gasteiger partial charge in [0.05, 0.1) is 11.6 Å². The molecule has 0 aliphatic heterocycles. The van der Waals surface area contributed by atoms with Crippen molar-refractivity contribution >= 4 is 5.91 Å². The summed E-state index contributed by atoms with van der Waals surface area (Å²) in [6.07, 6.45) is 2.00. The second-order valence-electron chi connectivity index (χ2n) is 7.36. The van der Waals surface area contributed by atoms with Crippen LogP contribution in [0, 0.1) is 11.3 Å². The molecule has 3 nitrogen and oxygen atoms in total. The maximum atomic E-state index is 12.0. The number of rotatable bonds is 6. The van der Waals surface area contributed by atoms with Gasteiger partial charge in [0.2, 0.25) is 5.91 Å². The first kappa shape index (κ1) is 18.7. The van der Waals surface area contributed by atoms with Crippen molar-refractivity contribution < 1.29 is 4.79 Å². The molecule has 0 radical (unpaired) electrons. The standard InChI is InChI=1S/C22H26N2O/c1-22(2,3)20-11-8-18(9-12-20)14-15-24-21(25)13-10-17-4-6-19(16-23)7-5-17/h4-9,11-12H,10,13-15H2,1-3H3,(H,24,25). The number of hydrogen-bond acceptors (Lipinski definition) is 2. The second kappa shape index (κ2) is 8.48. The highest BCUT2D eigenvalue weighted by atomic mass is 16.1. The summed E-state index contributed by atoms with van der Waals surface area (Å²) < 4.78 is 0. The molecule has 2 rings (SSSR count). The summed E-state index contributed by atoms with van der Waals surface area (Å²) in [5.41, 5.74) is 4.44. The number of amides is 1. The molecule has 0 fully saturated rings. The molecule has 3 heteroatoms. The first-order valence-corrected chi connectivity index (χ1v) is 8.73. The number of aryl methyl sites for hydroxylation is 1. The maximum absolute atomic E-state index is 12.0. The molecule has 0 aliphatic carbocycles. The van der Waals surface area contributed by atoms with Gasteiger partial charge in [-0.1, -0.05) is 57.2 Å². The van der Waals surface area contributed by atoms with Crippen LogP contribution in [0.25, 0.3) is 0 Å². The lowest BCUT2D eigenvalue weighted by Crippen LogP contribution is -2.25. The zero-order valence-electron chi connectivity index (χ0n) is 15.3. The minimum absolute atomic E-state index is 0.0654. The average molecular weight is 334 g/mol. The highest BCUT2D eigenvalue weighted by Gasteiger charge is 2.12. The van der Waals surface area contributed by atoms with Gasteiger partial charge in [-0.2, -0.15) is 5.26 Å². The van der Waals surface area contributed by atoms with Crippen LogP contribution in [0.4, 0.5) is 0 Å². The SMILES string of the molecule is CC(C)(C)c1ccc(CCNC(=O)CCc2ccc(C#N)cc2)cc1. The number of hydrogen-bond donors (Lipinski definition) is 1. The van der Waals surface area contributed by atoms with E-state index in [0.717, 1.165) is 12.0 Å². The molecule has 0 saturated heterocycles. The largest absolute Gasteiger partial charge is 0.356 e. The van der Waals surface area contributed by atoms with Crippen LogP contribution in [0.5, 0.6) is 0 Å². The van der Waals surface area contributed by atoms with E-state index < -0.39 is 0 Å². The van der Waals surface area contributed by atoms with E-state index in [0.29, 0.717) is 24.9 Å². The fraction of sp³-hybridized carbons (Fsp3) is 0.364. The quantitative estimate of drug-likeness (QED) is 0.863. The van der Waals surface area contributed by atoms with Gasteiger partial charge in [0, 0.05) is 13.0 Å². The zero-order chi connectivity index (χ0) is 18.3. The van der Waals surface area contributed by atoms with Crippen LogP contribution >= 0.6 is 0 Å². The van der Waals surface area contributed by atoms with E-state index in [1.165, 1.54) is 11.1 Å². The normalized spacial score (nSPS) is 11.0. The predicted octanol–water partition coefficient (Wildman–Crippen LogP) is 4.15. The maximum Gasteiger partial charge on any atom is 0.220 e. The molecule has 2 aromatic carbocycles. The number of nitriles is 1. The summed E-state index contributed by atoms with van der Waals surface area (Å²) in [6.45, 7) is 7.27. The van der Waals surface area contributed by atoms with Crippen LogP contribution in [0.1, 0.15) is 49.4 Å². The molecule has 1 N–H and O–H groups in total. The van der Waals surface area contributed by atoms with Crippen molar-refractivity contribution in [2.24, 2.45) is 0 Å². The van der Waals surface area contributed by atoms with Gasteiger partial charge in [0.15, 0.2) is 0 Å². The van der Waals surface area contributed by atoms with Gasteiger partial charge in [0.25, 0.3) is 0 Å². The first-order valence-electron chi connectivity index (χ1n) is 8.73. The average Bonchev–Trinajstić information content (AvgIpc) is 2.60. The lowest BCUT2D eigenvalue weighted by molar-refractivity contribution is -0.121. The summed E-state index contributed by atoms with van der Waals surface area (Å²) in [6, 6.07) is 18.1. The lowest BCUT2D eigenvalue weighted by atomic mass is 9.86. The fourth-order valence-corrected chi connectivity index (χ4v) is 2.61. The topological polar surface area (TPSA) is 52.9 Å². The van der Waals surface area contributed by atoms with E-state index in [4.69, 9.17) is 5.26 Å². The van der Waals surface area contributed by atoms with Crippen molar-refractivity contribution in [1.82, 2.24) is 5.32 Å². The third-order valence-electron chi connectivity index (χ3n) is 4.28. The monoisotopic (exact) mass is 334 g/mol. The molecule has 0 atom stereocenters. The Morgan fingerprint density at radius 3 is 2.08 bits per heavy atom. The van der Waals surface area contributed by atoms with Crippen molar-refractivity contribution in [2.45, 2.75) is 45.4 Å². The van der Waals surface area contributed by atoms with Crippen molar-refractivity contribution in [3.05, 3.63) is 70.8 Å². The fourth-order valence-electron chi connectivity index (χ4n) is 2.61. The highest BCUT2D eigenvalue weighted by Crippen LogP contribution is 2.22. The predicted molar refractivity (Wildman–Crippen MR) is 101 cm³/mol. The summed E-state index contributed by atoms with van der Waals surface area (Å²) >= 11 is 0. The van der Waals surface area contributed by atoms with E-state index >= 15 is 0 Å². The molecule has 1 amide bonds.